The lowest BCUT2D eigenvalue weighted by Crippen LogP contribution is -2.13. The number of hydrogen-bond donors (Lipinski definition) is 3. The number of anilines is 3. The molecular formula is C22H22N4O2. The summed E-state index contributed by atoms with van der Waals surface area (Å²) in [5, 5.41) is 8.75. The summed E-state index contributed by atoms with van der Waals surface area (Å²) < 4.78 is 0. The third kappa shape index (κ3) is 5.17. The van der Waals surface area contributed by atoms with Crippen LogP contribution in [0.3, 0.4) is 0 Å². The Labute approximate surface area is 164 Å². The molecule has 0 atom stereocenters. The standard InChI is InChI=1S/C22H22N4O2/c1-15-6-3-4-7-17(15)13-23-21-11-10-18(14-24-21)22(28)26-20-9-5-8-19(12-20)25-16(2)27/h3-12,14H,13H2,1-2H3,(H,23,24)(H,25,27)(H,26,28). The number of nitrogens with zero attached hydrogens (tertiary/aromatic N) is 1. The van der Waals surface area contributed by atoms with E-state index in [0.717, 1.165) is 0 Å². The van der Waals surface area contributed by atoms with Gasteiger partial charge in [0.05, 0.1) is 5.56 Å². The second kappa shape index (κ2) is 8.81. The molecule has 1 aromatic heterocycles. The van der Waals surface area contributed by atoms with Crippen molar-refractivity contribution in [3.8, 4) is 0 Å². The molecular weight excluding hydrogens is 352 g/mol. The summed E-state index contributed by atoms with van der Waals surface area (Å²) in [6, 6.07) is 18.6. The van der Waals surface area contributed by atoms with E-state index in [-0.39, 0.29) is 11.8 Å². The van der Waals surface area contributed by atoms with Gasteiger partial charge in [0, 0.05) is 31.0 Å². The van der Waals surface area contributed by atoms with Gasteiger partial charge in [-0.15, -0.1) is 0 Å². The zero-order valence-corrected chi connectivity index (χ0v) is 15.8. The minimum atomic E-state index is -0.266. The van der Waals surface area contributed by atoms with Crippen molar-refractivity contribution < 1.29 is 9.59 Å². The molecule has 3 N–H and O–H groups in total. The van der Waals surface area contributed by atoms with Crippen LogP contribution in [-0.2, 0) is 11.3 Å². The van der Waals surface area contributed by atoms with Crippen LogP contribution in [0.5, 0.6) is 0 Å². The third-order valence-corrected chi connectivity index (χ3v) is 4.19. The lowest BCUT2D eigenvalue weighted by atomic mass is 10.1. The van der Waals surface area contributed by atoms with Gasteiger partial charge in [-0.1, -0.05) is 30.3 Å². The van der Waals surface area contributed by atoms with Gasteiger partial charge in [0.1, 0.15) is 5.82 Å². The first-order valence-electron chi connectivity index (χ1n) is 8.95. The van der Waals surface area contributed by atoms with Crippen LogP contribution in [0.15, 0.2) is 66.9 Å². The zero-order chi connectivity index (χ0) is 19.9. The van der Waals surface area contributed by atoms with E-state index < -0.39 is 0 Å². The fourth-order valence-corrected chi connectivity index (χ4v) is 2.71. The first kappa shape index (κ1) is 19.1. The molecule has 1 heterocycles. The Hall–Kier alpha value is -3.67. The average Bonchev–Trinajstić information content (AvgIpc) is 2.67. The SMILES string of the molecule is CC(=O)Nc1cccc(NC(=O)c2ccc(NCc3ccccc3C)nc2)c1. The van der Waals surface area contributed by atoms with Crippen molar-refractivity contribution in [1.29, 1.82) is 0 Å². The summed E-state index contributed by atoms with van der Waals surface area (Å²) in [6.07, 6.45) is 1.53. The van der Waals surface area contributed by atoms with Crippen molar-refractivity contribution in [2.24, 2.45) is 0 Å². The van der Waals surface area contributed by atoms with Gasteiger partial charge in [-0.25, -0.2) is 4.98 Å². The molecule has 0 aliphatic rings. The molecule has 2 aromatic carbocycles. The lowest BCUT2D eigenvalue weighted by Gasteiger charge is -2.10. The van der Waals surface area contributed by atoms with E-state index in [2.05, 4.69) is 40.0 Å². The van der Waals surface area contributed by atoms with Crippen molar-refractivity contribution in [2.45, 2.75) is 20.4 Å². The molecule has 6 heteroatoms. The molecule has 0 bridgehead atoms. The molecule has 0 fully saturated rings. The van der Waals surface area contributed by atoms with Crippen LogP contribution in [-0.4, -0.2) is 16.8 Å². The lowest BCUT2D eigenvalue weighted by molar-refractivity contribution is -0.114. The molecule has 142 valence electrons. The maximum atomic E-state index is 12.4. The Balaban J connectivity index is 1.61. The predicted molar refractivity (Wildman–Crippen MR) is 111 cm³/mol. The van der Waals surface area contributed by atoms with Crippen LogP contribution in [0.4, 0.5) is 17.2 Å². The summed E-state index contributed by atoms with van der Waals surface area (Å²) in [4.78, 5) is 27.9. The second-order valence-electron chi connectivity index (χ2n) is 6.43. The van der Waals surface area contributed by atoms with Gasteiger partial charge >= 0.3 is 0 Å². The van der Waals surface area contributed by atoms with Crippen LogP contribution in [0.25, 0.3) is 0 Å². The minimum Gasteiger partial charge on any atom is -0.366 e. The average molecular weight is 374 g/mol. The number of nitrogens with one attached hydrogen (secondary N) is 3. The van der Waals surface area contributed by atoms with Gasteiger partial charge in [0.15, 0.2) is 0 Å². The number of pyridine rings is 1. The number of carbonyl (C=O) groups excluding carboxylic acids is 2. The molecule has 6 nitrogen and oxygen atoms in total. The smallest absolute Gasteiger partial charge is 0.257 e. The van der Waals surface area contributed by atoms with Crippen LogP contribution >= 0.6 is 0 Å². The van der Waals surface area contributed by atoms with E-state index in [1.165, 1.54) is 24.2 Å². The number of benzene rings is 2. The minimum absolute atomic E-state index is 0.165. The number of hydrogen-bond acceptors (Lipinski definition) is 4. The molecule has 0 unspecified atom stereocenters. The number of amides is 2. The molecule has 3 rings (SSSR count). The van der Waals surface area contributed by atoms with E-state index in [1.807, 2.05) is 12.1 Å². The maximum absolute atomic E-state index is 12.4. The van der Waals surface area contributed by atoms with Crippen LogP contribution in [0.1, 0.15) is 28.4 Å². The number of rotatable bonds is 6. The molecule has 3 aromatic rings. The van der Waals surface area contributed by atoms with Crippen LogP contribution in [0, 0.1) is 6.92 Å². The summed E-state index contributed by atoms with van der Waals surface area (Å²) in [7, 11) is 0. The molecule has 0 saturated carbocycles. The summed E-state index contributed by atoms with van der Waals surface area (Å²) in [5.41, 5.74) is 4.08. The summed E-state index contributed by atoms with van der Waals surface area (Å²) in [5.74, 6) is 0.270. The molecule has 2 amide bonds. The van der Waals surface area contributed by atoms with Crippen molar-refractivity contribution in [1.82, 2.24) is 4.98 Å². The van der Waals surface area contributed by atoms with E-state index in [0.29, 0.717) is 29.3 Å². The van der Waals surface area contributed by atoms with Crippen molar-refractivity contribution in [2.75, 3.05) is 16.0 Å². The Morgan fingerprint density at radius 1 is 0.929 bits per heavy atom. The fraction of sp³-hybridized carbons (Fsp3) is 0.136. The number of carbonyl (C=O) groups is 2. The Morgan fingerprint density at radius 3 is 2.36 bits per heavy atom. The van der Waals surface area contributed by atoms with E-state index in [4.69, 9.17) is 0 Å². The molecule has 0 aliphatic carbocycles. The highest BCUT2D eigenvalue weighted by Gasteiger charge is 2.08. The van der Waals surface area contributed by atoms with Gasteiger partial charge in [-0.05, 0) is 48.4 Å². The van der Waals surface area contributed by atoms with Gasteiger partial charge in [-0.3, -0.25) is 9.59 Å². The highest BCUT2D eigenvalue weighted by molar-refractivity contribution is 6.04. The van der Waals surface area contributed by atoms with E-state index >= 15 is 0 Å². The van der Waals surface area contributed by atoms with Crippen LogP contribution in [0.2, 0.25) is 0 Å². The third-order valence-electron chi connectivity index (χ3n) is 4.19. The Morgan fingerprint density at radius 2 is 1.68 bits per heavy atom. The monoisotopic (exact) mass is 374 g/mol. The number of aryl methyl sites for hydroxylation is 1. The highest BCUT2D eigenvalue weighted by atomic mass is 16.2. The molecule has 0 saturated heterocycles. The zero-order valence-electron chi connectivity index (χ0n) is 15.8. The van der Waals surface area contributed by atoms with Crippen molar-refractivity contribution in [3.05, 3.63) is 83.6 Å². The van der Waals surface area contributed by atoms with Gasteiger partial charge in [-0.2, -0.15) is 0 Å². The molecule has 28 heavy (non-hydrogen) atoms. The largest absolute Gasteiger partial charge is 0.366 e. The second-order valence-corrected chi connectivity index (χ2v) is 6.43. The van der Waals surface area contributed by atoms with Crippen LogP contribution < -0.4 is 16.0 Å². The molecule has 0 spiro atoms. The van der Waals surface area contributed by atoms with E-state index in [1.54, 1.807) is 36.4 Å². The fourth-order valence-electron chi connectivity index (χ4n) is 2.71. The first-order valence-corrected chi connectivity index (χ1v) is 8.95. The topological polar surface area (TPSA) is 83.1 Å². The van der Waals surface area contributed by atoms with Crippen molar-refractivity contribution in [3.63, 3.8) is 0 Å². The van der Waals surface area contributed by atoms with E-state index in [9.17, 15) is 9.59 Å². The quantitative estimate of drug-likeness (QED) is 0.603. The van der Waals surface area contributed by atoms with Gasteiger partial charge in [0.25, 0.3) is 5.91 Å². The first-order chi connectivity index (χ1) is 13.5. The molecule has 0 aliphatic heterocycles. The molecule has 0 radical (unpaired) electrons. The summed E-state index contributed by atoms with van der Waals surface area (Å²) >= 11 is 0. The normalized spacial score (nSPS) is 10.2. The predicted octanol–water partition coefficient (Wildman–Crippen LogP) is 4.21. The van der Waals surface area contributed by atoms with Gasteiger partial charge < -0.3 is 16.0 Å². The number of aromatic nitrogens is 1. The Bertz CT molecular complexity index is 984. The summed E-state index contributed by atoms with van der Waals surface area (Å²) in [6.45, 7) is 4.17. The van der Waals surface area contributed by atoms with Gasteiger partial charge in [0.2, 0.25) is 5.91 Å². The Kier molecular flexibility index (Phi) is 6.01. The maximum Gasteiger partial charge on any atom is 0.257 e. The highest BCUT2D eigenvalue weighted by Crippen LogP contribution is 2.17. The van der Waals surface area contributed by atoms with Crippen molar-refractivity contribution >= 4 is 29.0 Å².